The van der Waals surface area contributed by atoms with E-state index in [0.29, 0.717) is 38.3 Å². The predicted molar refractivity (Wildman–Crippen MR) is 85.9 cm³/mol. The summed E-state index contributed by atoms with van der Waals surface area (Å²) < 4.78 is 29.9. The van der Waals surface area contributed by atoms with E-state index in [1.54, 1.807) is 0 Å². The number of non-ortho nitro benzene ring substituents is 1. The van der Waals surface area contributed by atoms with E-state index in [2.05, 4.69) is 4.74 Å². The Hall–Kier alpha value is -2.45. The third-order valence-electron chi connectivity index (χ3n) is 4.45. The summed E-state index contributed by atoms with van der Waals surface area (Å²) in [5.41, 5.74) is 0.0754. The van der Waals surface area contributed by atoms with Gasteiger partial charge in [-0.3, -0.25) is 14.9 Å². The maximum absolute atomic E-state index is 12.7. The molecule has 7 nitrogen and oxygen atoms in total. The van der Waals surface area contributed by atoms with Gasteiger partial charge < -0.3 is 14.5 Å². The van der Waals surface area contributed by atoms with Crippen LogP contribution in [-0.2, 0) is 4.79 Å². The lowest BCUT2D eigenvalue weighted by molar-refractivity contribution is -0.385. The fourth-order valence-electron chi connectivity index (χ4n) is 3.04. The summed E-state index contributed by atoms with van der Waals surface area (Å²) in [4.78, 5) is 26.1. The molecule has 1 amide bonds. The van der Waals surface area contributed by atoms with Crippen LogP contribution in [0.15, 0.2) is 18.2 Å². The highest BCUT2D eigenvalue weighted by Crippen LogP contribution is 2.35. The lowest BCUT2D eigenvalue weighted by Gasteiger charge is -2.25. The number of amides is 1. The van der Waals surface area contributed by atoms with Gasteiger partial charge in [-0.05, 0) is 25.3 Å². The summed E-state index contributed by atoms with van der Waals surface area (Å²) in [5.74, 6) is 0.0874. The number of carbonyl (C=O) groups excluding carboxylic acids is 1. The van der Waals surface area contributed by atoms with Gasteiger partial charge in [-0.15, -0.1) is 0 Å². The van der Waals surface area contributed by atoms with Crippen molar-refractivity contribution in [2.45, 2.75) is 25.9 Å². The minimum Gasteiger partial charge on any atom is -0.432 e. The second-order valence-electron chi connectivity index (χ2n) is 6.23. The molecule has 3 rings (SSSR count). The summed E-state index contributed by atoms with van der Waals surface area (Å²) in [6, 6.07) is 3.71. The molecular formula is C16H19F2N3O4. The van der Waals surface area contributed by atoms with E-state index < -0.39 is 11.5 Å². The number of anilines is 1. The minimum atomic E-state index is -3.07. The molecule has 0 spiro atoms. The molecule has 0 unspecified atom stereocenters. The van der Waals surface area contributed by atoms with Crippen molar-refractivity contribution >= 4 is 17.3 Å². The Labute approximate surface area is 143 Å². The molecule has 2 aliphatic rings. The van der Waals surface area contributed by atoms with Gasteiger partial charge in [-0.1, -0.05) is 0 Å². The SMILES string of the molecule is O=C(C1CC1)N1CCCN(c2ccc([N+](=O)[O-])cc2OC(F)F)CC1. The van der Waals surface area contributed by atoms with Crippen molar-refractivity contribution in [3.63, 3.8) is 0 Å². The van der Waals surface area contributed by atoms with Gasteiger partial charge >= 0.3 is 6.61 Å². The Morgan fingerprint density at radius 2 is 2.00 bits per heavy atom. The van der Waals surface area contributed by atoms with E-state index in [4.69, 9.17) is 0 Å². The molecule has 136 valence electrons. The summed E-state index contributed by atoms with van der Waals surface area (Å²) in [5, 5.41) is 10.9. The van der Waals surface area contributed by atoms with E-state index in [9.17, 15) is 23.7 Å². The van der Waals surface area contributed by atoms with Crippen molar-refractivity contribution in [3.05, 3.63) is 28.3 Å². The number of carbonyl (C=O) groups is 1. The maximum atomic E-state index is 12.7. The first kappa shape index (κ1) is 17.4. The van der Waals surface area contributed by atoms with E-state index in [0.717, 1.165) is 18.9 Å². The molecule has 0 atom stereocenters. The first-order valence-electron chi connectivity index (χ1n) is 8.22. The number of hydrogen-bond acceptors (Lipinski definition) is 5. The number of ether oxygens (including phenoxy) is 1. The number of benzene rings is 1. The van der Waals surface area contributed by atoms with Crippen molar-refractivity contribution in [1.82, 2.24) is 4.90 Å². The topological polar surface area (TPSA) is 75.9 Å². The fraction of sp³-hybridized carbons (Fsp3) is 0.562. The molecule has 0 bridgehead atoms. The third-order valence-corrected chi connectivity index (χ3v) is 4.45. The van der Waals surface area contributed by atoms with Crippen LogP contribution in [0.2, 0.25) is 0 Å². The highest BCUT2D eigenvalue weighted by atomic mass is 19.3. The molecule has 1 aliphatic carbocycles. The first-order chi connectivity index (χ1) is 12.0. The summed E-state index contributed by atoms with van der Waals surface area (Å²) in [6.07, 6.45) is 2.57. The zero-order valence-electron chi connectivity index (χ0n) is 13.6. The third kappa shape index (κ3) is 4.15. The number of halogens is 2. The molecular weight excluding hydrogens is 336 g/mol. The van der Waals surface area contributed by atoms with Crippen LogP contribution in [0, 0.1) is 16.0 Å². The number of nitro groups is 1. The summed E-state index contributed by atoms with van der Waals surface area (Å²) in [7, 11) is 0. The van der Waals surface area contributed by atoms with E-state index >= 15 is 0 Å². The molecule has 1 saturated heterocycles. The standard InChI is InChI=1S/C16H19F2N3O4/c17-16(18)25-14-10-12(21(23)24)4-5-13(14)19-6-1-7-20(9-8-19)15(22)11-2-3-11/h4-5,10-11,16H,1-3,6-9H2. The number of hydrogen-bond donors (Lipinski definition) is 0. The minimum absolute atomic E-state index is 0.142. The van der Waals surface area contributed by atoms with Crippen molar-refractivity contribution in [1.29, 1.82) is 0 Å². The van der Waals surface area contributed by atoms with Gasteiger partial charge in [0.05, 0.1) is 16.7 Å². The molecule has 1 aromatic rings. The number of nitrogens with zero attached hydrogens (tertiary/aromatic N) is 3. The molecule has 1 aliphatic heterocycles. The van der Waals surface area contributed by atoms with Crippen LogP contribution < -0.4 is 9.64 Å². The van der Waals surface area contributed by atoms with Gasteiger partial charge in [-0.25, -0.2) is 0 Å². The van der Waals surface area contributed by atoms with Crippen LogP contribution in [0.25, 0.3) is 0 Å². The second-order valence-corrected chi connectivity index (χ2v) is 6.23. The maximum Gasteiger partial charge on any atom is 0.387 e. The normalized spacial score (nSPS) is 18.2. The summed E-state index contributed by atoms with van der Waals surface area (Å²) >= 11 is 0. The second kappa shape index (κ2) is 7.20. The zero-order chi connectivity index (χ0) is 18.0. The summed E-state index contributed by atoms with van der Waals surface area (Å²) in [6.45, 7) is -0.910. The van der Waals surface area contributed by atoms with Gasteiger partial charge in [-0.2, -0.15) is 8.78 Å². The molecule has 0 radical (unpaired) electrons. The van der Waals surface area contributed by atoms with E-state index in [1.807, 2.05) is 9.80 Å². The van der Waals surface area contributed by atoms with Gasteiger partial charge in [0, 0.05) is 38.2 Å². The molecule has 1 aromatic carbocycles. The molecule has 0 N–H and O–H groups in total. The van der Waals surface area contributed by atoms with Crippen LogP contribution in [0.4, 0.5) is 20.2 Å². The molecule has 1 heterocycles. The quantitative estimate of drug-likeness (QED) is 0.599. The van der Waals surface area contributed by atoms with Gasteiger partial charge in [0.25, 0.3) is 5.69 Å². The predicted octanol–water partition coefficient (Wildman–Crippen LogP) is 2.64. The van der Waals surface area contributed by atoms with Gasteiger partial charge in [0.15, 0.2) is 5.75 Å². The van der Waals surface area contributed by atoms with Crippen molar-refractivity contribution in [2.24, 2.45) is 5.92 Å². The molecule has 25 heavy (non-hydrogen) atoms. The Morgan fingerprint density at radius 3 is 2.64 bits per heavy atom. The highest BCUT2D eigenvalue weighted by molar-refractivity contribution is 5.81. The Morgan fingerprint density at radius 1 is 1.24 bits per heavy atom. The Kier molecular flexibility index (Phi) is 5.00. The number of nitro benzene ring substituents is 1. The van der Waals surface area contributed by atoms with Crippen molar-refractivity contribution in [2.75, 3.05) is 31.1 Å². The van der Waals surface area contributed by atoms with Gasteiger partial charge in [0.2, 0.25) is 5.91 Å². The van der Waals surface area contributed by atoms with E-state index in [1.165, 1.54) is 12.1 Å². The molecule has 0 aromatic heterocycles. The number of alkyl halides is 2. The lowest BCUT2D eigenvalue weighted by atomic mass is 10.2. The fourth-order valence-corrected chi connectivity index (χ4v) is 3.04. The molecule has 9 heteroatoms. The molecule has 1 saturated carbocycles. The Balaban J connectivity index is 1.77. The van der Waals surface area contributed by atoms with Gasteiger partial charge in [0.1, 0.15) is 0 Å². The smallest absolute Gasteiger partial charge is 0.387 e. The highest BCUT2D eigenvalue weighted by Gasteiger charge is 2.34. The monoisotopic (exact) mass is 355 g/mol. The van der Waals surface area contributed by atoms with Crippen molar-refractivity contribution < 1.29 is 23.2 Å². The van der Waals surface area contributed by atoms with Crippen LogP contribution in [0.1, 0.15) is 19.3 Å². The lowest BCUT2D eigenvalue weighted by Crippen LogP contribution is -2.36. The first-order valence-corrected chi connectivity index (χ1v) is 8.22. The molecule has 2 fully saturated rings. The van der Waals surface area contributed by atoms with Crippen LogP contribution in [-0.4, -0.2) is 48.5 Å². The van der Waals surface area contributed by atoms with Crippen molar-refractivity contribution in [3.8, 4) is 5.75 Å². The zero-order valence-corrected chi connectivity index (χ0v) is 13.6. The van der Waals surface area contributed by atoms with Crippen LogP contribution in [0.5, 0.6) is 5.75 Å². The Bertz CT molecular complexity index is 667. The van der Waals surface area contributed by atoms with Crippen LogP contribution >= 0.6 is 0 Å². The largest absolute Gasteiger partial charge is 0.432 e. The average Bonchev–Trinajstić information content (AvgIpc) is 3.40. The van der Waals surface area contributed by atoms with E-state index in [-0.39, 0.29) is 23.3 Å². The van der Waals surface area contributed by atoms with Crippen LogP contribution in [0.3, 0.4) is 0 Å². The number of rotatable bonds is 5. The average molecular weight is 355 g/mol.